The molecule has 0 aromatic carbocycles. The van der Waals surface area contributed by atoms with Crippen LogP contribution in [0.2, 0.25) is 0 Å². The molecule has 2 unspecified atom stereocenters. The summed E-state index contributed by atoms with van der Waals surface area (Å²) in [6.07, 6.45) is 12.2. The molecule has 0 aromatic rings. The lowest BCUT2D eigenvalue weighted by atomic mass is 9.74. The highest BCUT2D eigenvalue weighted by atomic mass is 14.9. The molecule has 2 aliphatic carbocycles. The molecule has 0 aromatic heterocycles. The molecular weight excluding hydrogens is 194 g/mol. The number of likely N-dealkylation sites (N-methyl/N-ethyl adjacent to an activating group) is 1. The molecule has 2 atom stereocenters. The summed E-state index contributed by atoms with van der Waals surface area (Å²) in [6, 6.07) is 0.651. The third-order valence-corrected chi connectivity index (χ3v) is 4.78. The fourth-order valence-electron chi connectivity index (χ4n) is 3.76. The van der Waals surface area contributed by atoms with Crippen LogP contribution < -0.4 is 5.32 Å². The average Bonchev–Trinajstić information content (AvgIpc) is 2.62. The van der Waals surface area contributed by atoms with Gasteiger partial charge < -0.3 is 5.32 Å². The predicted octanol–water partition coefficient (Wildman–Crippen LogP) is 3.90. The minimum absolute atomic E-state index is 0.534. The fraction of sp³-hybridized carbons (Fsp3) is 0.867. The second-order valence-corrected chi connectivity index (χ2v) is 6.28. The maximum atomic E-state index is 3.60. The highest BCUT2D eigenvalue weighted by molar-refractivity contribution is 5.16. The molecule has 1 N–H and O–H groups in total. The van der Waals surface area contributed by atoms with Crippen LogP contribution in [-0.2, 0) is 0 Å². The Labute approximate surface area is 101 Å². The second kappa shape index (κ2) is 4.91. The Morgan fingerprint density at radius 2 is 2.12 bits per heavy atom. The molecule has 0 heterocycles. The molecule has 1 saturated carbocycles. The molecule has 0 spiro atoms. The van der Waals surface area contributed by atoms with Gasteiger partial charge in [0.15, 0.2) is 0 Å². The van der Waals surface area contributed by atoms with Crippen molar-refractivity contribution in [2.45, 2.75) is 64.8 Å². The van der Waals surface area contributed by atoms with Crippen LogP contribution in [-0.4, -0.2) is 13.1 Å². The molecule has 0 radical (unpaired) electrons. The number of hydrogen-bond acceptors (Lipinski definition) is 1. The zero-order chi connectivity index (χ0) is 11.6. The fourth-order valence-corrected chi connectivity index (χ4v) is 3.76. The summed E-state index contributed by atoms with van der Waals surface area (Å²) in [7, 11) is 2.15. The molecule has 1 fully saturated rings. The van der Waals surface area contributed by atoms with Crippen LogP contribution in [0.25, 0.3) is 0 Å². The van der Waals surface area contributed by atoms with Gasteiger partial charge in [-0.2, -0.15) is 0 Å². The van der Waals surface area contributed by atoms with Gasteiger partial charge in [-0.3, -0.25) is 0 Å². The van der Waals surface area contributed by atoms with Gasteiger partial charge in [0, 0.05) is 6.04 Å². The lowest BCUT2D eigenvalue weighted by Gasteiger charge is -2.36. The van der Waals surface area contributed by atoms with Gasteiger partial charge in [-0.15, -0.1) is 0 Å². The molecule has 0 bridgehead atoms. The number of allylic oxidation sites excluding steroid dienone is 1. The first-order valence-corrected chi connectivity index (χ1v) is 7.01. The molecular formula is C15H27N. The van der Waals surface area contributed by atoms with Crippen molar-refractivity contribution in [3.8, 4) is 0 Å². The number of nitrogens with one attached hydrogen (secondary N) is 1. The van der Waals surface area contributed by atoms with Gasteiger partial charge >= 0.3 is 0 Å². The van der Waals surface area contributed by atoms with Gasteiger partial charge in [-0.25, -0.2) is 0 Å². The first kappa shape index (κ1) is 12.2. The maximum Gasteiger partial charge on any atom is 0.0310 e. The first-order valence-electron chi connectivity index (χ1n) is 7.01. The number of hydrogen-bond donors (Lipinski definition) is 1. The monoisotopic (exact) mass is 221 g/mol. The zero-order valence-corrected chi connectivity index (χ0v) is 11.2. The second-order valence-electron chi connectivity index (χ2n) is 6.28. The van der Waals surface area contributed by atoms with Crippen molar-refractivity contribution in [1.82, 2.24) is 5.32 Å². The molecule has 2 rings (SSSR count). The lowest BCUT2D eigenvalue weighted by molar-refractivity contribution is 0.216. The van der Waals surface area contributed by atoms with E-state index in [2.05, 4.69) is 32.3 Å². The van der Waals surface area contributed by atoms with E-state index in [0.29, 0.717) is 11.5 Å². The van der Waals surface area contributed by atoms with Gasteiger partial charge in [0.2, 0.25) is 0 Å². The minimum Gasteiger partial charge on any atom is -0.313 e. The third-order valence-electron chi connectivity index (χ3n) is 4.78. The summed E-state index contributed by atoms with van der Waals surface area (Å²) in [5, 5.41) is 3.60. The Hall–Kier alpha value is -0.300. The highest BCUT2D eigenvalue weighted by Crippen LogP contribution is 2.46. The Morgan fingerprint density at radius 1 is 1.31 bits per heavy atom. The number of rotatable bonds is 3. The highest BCUT2D eigenvalue weighted by Gasteiger charge is 2.40. The molecule has 0 amide bonds. The van der Waals surface area contributed by atoms with Crippen molar-refractivity contribution in [2.75, 3.05) is 7.05 Å². The van der Waals surface area contributed by atoms with E-state index in [9.17, 15) is 0 Å². The zero-order valence-electron chi connectivity index (χ0n) is 11.2. The molecule has 1 nitrogen and oxygen atoms in total. The van der Waals surface area contributed by atoms with E-state index < -0.39 is 0 Å². The van der Waals surface area contributed by atoms with Crippen LogP contribution in [0, 0.1) is 11.3 Å². The maximum absolute atomic E-state index is 3.60. The normalized spacial score (nSPS) is 31.2. The predicted molar refractivity (Wildman–Crippen MR) is 70.5 cm³/mol. The molecule has 1 heteroatoms. The summed E-state index contributed by atoms with van der Waals surface area (Å²) >= 11 is 0. The summed E-state index contributed by atoms with van der Waals surface area (Å²) < 4.78 is 0. The first-order chi connectivity index (χ1) is 7.65. The van der Waals surface area contributed by atoms with E-state index in [1.807, 2.05) is 0 Å². The summed E-state index contributed by atoms with van der Waals surface area (Å²) in [5.74, 6) is 0.849. The van der Waals surface area contributed by atoms with Crippen LogP contribution in [0.4, 0.5) is 0 Å². The van der Waals surface area contributed by atoms with Crippen molar-refractivity contribution in [3.63, 3.8) is 0 Å². The van der Waals surface area contributed by atoms with Crippen LogP contribution >= 0.6 is 0 Å². The van der Waals surface area contributed by atoms with E-state index in [4.69, 9.17) is 0 Å². The standard InChI is InChI=1S/C15H27N/c1-15(2)11-7-10-13(15)14(16-3)12-8-5-4-6-9-12/h8,13-14,16H,4-7,9-11H2,1-3H3. The van der Waals surface area contributed by atoms with Gasteiger partial charge in [0.05, 0.1) is 0 Å². The van der Waals surface area contributed by atoms with Gasteiger partial charge in [-0.1, -0.05) is 31.9 Å². The van der Waals surface area contributed by atoms with E-state index in [-0.39, 0.29) is 0 Å². The molecule has 2 aliphatic rings. The van der Waals surface area contributed by atoms with Crippen LogP contribution in [0.15, 0.2) is 11.6 Å². The van der Waals surface area contributed by atoms with E-state index in [1.54, 1.807) is 5.57 Å². The smallest absolute Gasteiger partial charge is 0.0310 e. The van der Waals surface area contributed by atoms with Gasteiger partial charge in [0.25, 0.3) is 0 Å². The Morgan fingerprint density at radius 3 is 2.62 bits per heavy atom. The van der Waals surface area contributed by atoms with Crippen molar-refractivity contribution in [3.05, 3.63) is 11.6 Å². The topological polar surface area (TPSA) is 12.0 Å². The quantitative estimate of drug-likeness (QED) is 0.713. The van der Waals surface area contributed by atoms with Crippen molar-refractivity contribution in [1.29, 1.82) is 0 Å². The van der Waals surface area contributed by atoms with E-state index in [1.165, 1.54) is 44.9 Å². The Bertz CT molecular complexity index is 265. The summed E-state index contributed by atoms with van der Waals surface area (Å²) in [6.45, 7) is 4.91. The Balaban J connectivity index is 2.12. The molecule has 0 aliphatic heterocycles. The average molecular weight is 221 g/mol. The van der Waals surface area contributed by atoms with Crippen molar-refractivity contribution >= 4 is 0 Å². The van der Waals surface area contributed by atoms with Crippen molar-refractivity contribution in [2.24, 2.45) is 11.3 Å². The lowest BCUT2D eigenvalue weighted by Crippen LogP contribution is -2.40. The van der Waals surface area contributed by atoms with E-state index >= 15 is 0 Å². The van der Waals surface area contributed by atoms with Crippen molar-refractivity contribution < 1.29 is 0 Å². The Kier molecular flexibility index (Phi) is 3.73. The van der Waals surface area contributed by atoms with Crippen LogP contribution in [0.3, 0.4) is 0 Å². The molecule has 0 saturated heterocycles. The van der Waals surface area contributed by atoms with Crippen LogP contribution in [0.1, 0.15) is 58.8 Å². The molecule has 16 heavy (non-hydrogen) atoms. The van der Waals surface area contributed by atoms with Gasteiger partial charge in [0.1, 0.15) is 0 Å². The van der Waals surface area contributed by atoms with Crippen LogP contribution in [0.5, 0.6) is 0 Å². The van der Waals surface area contributed by atoms with Gasteiger partial charge in [-0.05, 0) is 56.9 Å². The largest absolute Gasteiger partial charge is 0.313 e. The summed E-state index contributed by atoms with van der Waals surface area (Å²) in [5.41, 5.74) is 2.24. The molecule has 92 valence electrons. The summed E-state index contributed by atoms with van der Waals surface area (Å²) in [4.78, 5) is 0. The minimum atomic E-state index is 0.534. The van der Waals surface area contributed by atoms with E-state index in [0.717, 1.165) is 5.92 Å². The third kappa shape index (κ3) is 2.34. The SMILES string of the molecule is CNC(C1=CCCCC1)C1CCCC1(C)C.